The highest BCUT2D eigenvalue weighted by atomic mass is 35.5. The molecule has 0 radical (unpaired) electrons. The zero-order valence-electron chi connectivity index (χ0n) is 18.6. The summed E-state index contributed by atoms with van der Waals surface area (Å²) in [5.74, 6) is 0. The molecule has 2 aromatic carbocycles. The maximum atomic E-state index is 11.0. The maximum Gasteiger partial charge on any atom is 0.107 e. The zero-order valence-corrected chi connectivity index (χ0v) is 19.3. The van der Waals surface area contributed by atoms with Crippen molar-refractivity contribution < 1.29 is 5.11 Å². The summed E-state index contributed by atoms with van der Waals surface area (Å²) in [4.78, 5) is 4.87. The first-order valence-corrected chi connectivity index (χ1v) is 11.0. The van der Waals surface area contributed by atoms with Crippen molar-refractivity contribution in [1.29, 1.82) is 5.41 Å². The molecule has 0 aliphatic rings. The standard InChI is InChI=1S/C26H30ClN3O/c1-5-22-20(13-11-18-9-7-6-8-10-18)25(27)21-15-19(12-14-23(21)30-22)26(31)24(16(2)28)17(3)29-4/h6-10,12,14-15,26,28-29,31H,5,11,13H2,1-4H3/b24-17+,28-16?. The van der Waals surface area contributed by atoms with Crippen LogP contribution in [0.2, 0.25) is 5.02 Å². The average Bonchev–Trinajstić information content (AvgIpc) is 2.78. The van der Waals surface area contributed by atoms with Gasteiger partial charge in [-0.25, -0.2) is 0 Å². The number of allylic oxidation sites excluding steroid dienone is 1. The molecule has 0 aliphatic carbocycles. The number of nitrogens with zero attached hydrogens (tertiary/aromatic N) is 1. The van der Waals surface area contributed by atoms with E-state index in [1.54, 1.807) is 14.0 Å². The predicted octanol–water partition coefficient (Wildman–Crippen LogP) is 5.80. The topological polar surface area (TPSA) is 69.0 Å². The van der Waals surface area contributed by atoms with Gasteiger partial charge >= 0.3 is 0 Å². The summed E-state index contributed by atoms with van der Waals surface area (Å²) in [5, 5.41) is 23.7. The average molecular weight is 436 g/mol. The summed E-state index contributed by atoms with van der Waals surface area (Å²) in [6.45, 7) is 5.64. The normalized spacial score (nSPS) is 13.1. The lowest BCUT2D eigenvalue weighted by Crippen LogP contribution is -2.16. The molecule has 0 saturated carbocycles. The van der Waals surface area contributed by atoms with Crippen LogP contribution in [0.1, 0.15) is 49.3 Å². The number of fused-ring (bicyclic) bond motifs is 1. The van der Waals surface area contributed by atoms with Crippen LogP contribution in [0.4, 0.5) is 0 Å². The fraction of sp³-hybridized carbons (Fsp3) is 0.308. The molecule has 1 aromatic heterocycles. The van der Waals surface area contributed by atoms with Crippen molar-refractivity contribution in [3.63, 3.8) is 0 Å². The summed E-state index contributed by atoms with van der Waals surface area (Å²) >= 11 is 6.91. The van der Waals surface area contributed by atoms with Crippen molar-refractivity contribution in [3.8, 4) is 0 Å². The van der Waals surface area contributed by atoms with Gasteiger partial charge in [0.2, 0.25) is 0 Å². The lowest BCUT2D eigenvalue weighted by Gasteiger charge is -2.19. The number of aliphatic hydroxyl groups is 1. The molecule has 31 heavy (non-hydrogen) atoms. The first kappa shape index (κ1) is 23.0. The van der Waals surface area contributed by atoms with E-state index in [2.05, 4.69) is 24.4 Å². The van der Waals surface area contributed by atoms with E-state index >= 15 is 0 Å². The largest absolute Gasteiger partial charge is 0.391 e. The van der Waals surface area contributed by atoms with Crippen LogP contribution in [0.25, 0.3) is 10.9 Å². The lowest BCUT2D eigenvalue weighted by atomic mass is 9.94. The van der Waals surface area contributed by atoms with Gasteiger partial charge in [0.25, 0.3) is 0 Å². The maximum absolute atomic E-state index is 11.0. The minimum Gasteiger partial charge on any atom is -0.391 e. The summed E-state index contributed by atoms with van der Waals surface area (Å²) in [7, 11) is 1.79. The van der Waals surface area contributed by atoms with Crippen LogP contribution in [0.3, 0.4) is 0 Å². The second-order valence-corrected chi connectivity index (χ2v) is 8.16. The van der Waals surface area contributed by atoms with E-state index in [0.717, 1.165) is 47.1 Å². The van der Waals surface area contributed by atoms with Gasteiger partial charge in [0, 0.05) is 35.1 Å². The SMILES string of the molecule is CCc1nc2ccc(C(O)/C(C(C)=N)=C(\C)NC)cc2c(Cl)c1CCc1ccccc1. The van der Waals surface area contributed by atoms with Gasteiger partial charge in [-0.05, 0) is 61.9 Å². The van der Waals surface area contributed by atoms with Gasteiger partial charge in [-0.1, -0.05) is 54.9 Å². The second kappa shape index (κ2) is 10.1. The molecule has 3 aromatic rings. The van der Waals surface area contributed by atoms with E-state index in [-0.39, 0.29) is 0 Å². The second-order valence-electron chi connectivity index (χ2n) is 7.78. The Morgan fingerprint density at radius 2 is 1.84 bits per heavy atom. The number of aliphatic hydroxyl groups excluding tert-OH is 1. The molecule has 5 heteroatoms. The fourth-order valence-electron chi connectivity index (χ4n) is 3.95. The fourth-order valence-corrected chi connectivity index (χ4v) is 4.31. The monoisotopic (exact) mass is 435 g/mol. The minimum absolute atomic E-state index is 0.327. The van der Waals surface area contributed by atoms with Crippen LogP contribution >= 0.6 is 11.6 Å². The highest BCUT2D eigenvalue weighted by Crippen LogP contribution is 2.33. The first-order valence-electron chi connectivity index (χ1n) is 10.6. The van der Waals surface area contributed by atoms with E-state index in [1.807, 2.05) is 43.3 Å². The van der Waals surface area contributed by atoms with E-state index < -0.39 is 6.10 Å². The number of rotatable bonds is 8. The van der Waals surface area contributed by atoms with Gasteiger partial charge in [0.05, 0.1) is 10.5 Å². The molecule has 4 nitrogen and oxygen atoms in total. The van der Waals surface area contributed by atoms with Crippen molar-refractivity contribution >= 4 is 28.2 Å². The Labute approximate surface area is 189 Å². The Balaban J connectivity index is 2.05. The molecule has 1 unspecified atom stereocenters. The number of halogens is 1. The number of aromatic nitrogens is 1. The molecule has 0 amide bonds. The van der Waals surface area contributed by atoms with E-state index in [1.165, 1.54) is 5.56 Å². The minimum atomic E-state index is -0.913. The molecule has 1 heterocycles. The third-order valence-electron chi connectivity index (χ3n) is 5.74. The zero-order chi connectivity index (χ0) is 22.5. The van der Waals surface area contributed by atoms with Crippen LogP contribution in [-0.4, -0.2) is 22.8 Å². The number of pyridine rings is 1. The van der Waals surface area contributed by atoms with Crippen molar-refractivity contribution in [3.05, 3.63) is 87.2 Å². The van der Waals surface area contributed by atoms with Crippen molar-refractivity contribution in [2.24, 2.45) is 0 Å². The van der Waals surface area contributed by atoms with Crippen LogP contribution in [-0.2, 0) is 19.3 Å². The molecular formula is C26H30ClN3O. The lowest BCUT2D eigenvalue weighted by molar-refractivity contribution is 0.220. The molecule has 162 valence electrons. The number of hydrogen-bond acceptors (Lipinski definition) is 4. The third kappa shape index (κ3) is 4.97. The van der Waals surface area contributed by atoms with Crippen LogP contribution in [0, 0.1) is 5.41 Å². The Hall–Kier alpha value is -2.69. The van der Waals surface area contributed by atoms with Gasteiger partial charge in [0.1, 0.15) is 6.10 Å². The molecule has 3 N–H and O–H groups in total. The van der Waals surface area contributed by atoms with Crippen molar-refractivity contribution in [2.45, 2.75) is 46.1 Å². The van der Waals surface area contributed by atoms with Crippen molar-refractivity contribution in [2.75, 3.05) is 7.05 Å². The molecule has 3 rings (SSSR count). The van der Waals surface area contributed by atoms with Crippen LogP contribution in [0.15, 0.2) is 59.8 Å². The molecule has 1 atom stereocenters. The predicted molar refractivity (Wildman–Crippen MR) is 130 cm³/mol. The van der Waals surface area contributed by atoms with Gasteiger partial charge in [-0.2, -0.15) is 0 Å². The quantitative estimate of drug-likeness (QED) is 0.391. The number of aryl methyl sites for hydroxylation is 2. The summed E-state index contributed by atoms with van der Waals surface area (Å²) in [5.41, 5.74) is 6.54. The smallest absolute Gasteiger partial charge is 0.107 e. The van der Waals surface area contributed by atoms with E-state index in [4.69, 9.17) is 22.0 Å². The van der Waals surface area contributed by atoms with Gasteiger partial charge in [-0.3, -0.25) is 4.98 Å². The first-order chi connectivity index (χ1) is 14.9. The van der Waals surface area contributed by atoms with Crippen molar-refractivity contribution in [1.82, 2.24) is 10.3 Å². The molecule has 0 fully saturated rings. The summed E-state index contributed by atoms with van der Waals surface area (Å²) in [6.07, 6.45) is 1.60. The third-order valence-corrected chi connectivity index (χ3v) is 6.17. The van der Waals surface area contributed by atoms with Crippen LogP contribution in [0.5, 0.6) is 0 Å². The highest BCUT2D eigenvalue weighted by Gasteiger charge is 2.20. The Morgan fingerprint density at radius 3 is 2.45 bits per heavy atom. The van der Waals surface area contributed by atoms with E-state index in [9.17, 15) is 5.11 Å². The van der Waals surface area contributed by atoms with Crippen LogP contribution < -0.4 is 5.32 Å². The Morgan fingerprint density at radius 1 is 1.13 bits per heavy atom. The highest BCUT2D eigenvalue weighted by molar-refractivity contribution is 6.36. The Kier molecular flexibility index (Phi) is 7.47. The Bertz CT molecular complexity index is 1120. The van der Waals surface area contributed by atoms with Gasteiger partial charge < -0.3 is 15.8 Å². The molecular weight excluding hydrogens is 406 g/mol. The molecule has 0 bridgehead atoms. The molecule has 0 spiro atoms. The number of benzene rings is 2. The van der Waals surface area contributed by atoms with Gasteiger partial charge in [0.15, 0.2) is 0 Å². The van der Waals surface area contributed by atoms with E-state index in [0.29, 0.717) is 21.9 Å². The summed E-state index contributed by atoms with van der Waals surface area (Å²) < 4.78 is 0. The summed E-state index contributed by atoms with van der Waals surface area (Å²) in [6, 6.07) is 16.1. The number of nitrogens with one attached hydrogen (secondary N) is 2. The molecule has 0 aliphatic heterocycles. The van der Waals surface area contributed by atoms with Gasteiger partial charge in [-0.15, -0.1) is 0 Å². The molecule has 0 saturated heterocycles. The number of hydrogen-bond donors (Lipinski definition) is 3.